The Morgan fingerprint density at radius 1 is 1.67 bits per heavy atom. The van der Waals surface area contributed by atoms with Crippen LogP contribution < -0.4 is 11.0 Å². The van der Waals surface area contributed by atoms with Crippen LogP contribution in [-0.2, 0) is 16.1 Å². The van der Waals surface area contributed by atoms with Gasteiger partial charge in [0.1, 0.15) is 5.54 Å². The van der Waals surface area contributed by atoms with Crippen molar-refractivity contribution in [3.05, 3.63) is 10.5 Å². The summed E-state index contributed by atoms with van der Waals surface area (Å²) in [5, 5.41) is 18.8. The molecule has 1 aromatic rings. The lowest BCUT2D eigenvalue weighted by atomic mass is 9.90. The van der Waals surface area contributed by atoms with E-state index in [1.54, 1.807) is 6.92 Å². The third-order valence-corrected chi connectivity index (χ3v) is 5.23. The monoisotopic (exact) mass is 353 g/mol. The van der Waals surface area contributed by atoms with Crippen molar-refractivity contribution in [2.45, 2.75) is 57.0 Å². The van der Waals surface area contributed by atoms with Crippen LogP contribution in [0.15, 0.2) is 9.95 Å². The van der Waals surface area contributed by atoms with Gasteiger partial charge in [0.2, 0.25) is 5.91 Å². The first kappa shape index (κ1) is 18.5. The first-order valence-electron chi connectivity index (χ1n) is 7.97. The molecule has 1 fully saturated rings. The van der Waals surface area contributed by atoms with Crippen LogP contribution in [0.2, 0.25) is 0 Å². The molecule has 1 amide bonds. The average molecular weight is 353 g/mol. The van der Waals surface area contributed by atoms with Gasteiger partial charge in [0.25, 0.3) is 0 Å². The van der Waals surface area contributed by atoms with E-state index in [9.17, 15) is 14.9 Å². The van der Waals surface area contributed by atoms with Gasteiger partial charge in [0.15, 0.2) is 5.16 Å². The molecule has 0 saturated carbocycles. The molecule has 2 atom stereocenters. The van der Waals surface area contributed by atoms with E-state index in [4.69, 9.17) is 4.74 Å². The maximum absolute atomic E-state index is 12.1. The van der Waals surface area contributed by atoms with E-state index in [1.165, 1.54) is 16.3 Å². The van der Waals surface area contributed by atoms with Crippen molar-refractivity contribution in [1.82, 2.24) is 20.1 Å². The zero-order valence-corrected chi connectivity index (χ0v) is 15.0. The maximum Gasteiger partial charge on any atom is 0.344 e. The highest BCUT2D eigenvalue weighted by atomic mass is 32.2. The van der Waals surface area contributed by atoms with E-state index in [0.717, 1.165) is 12.8 Å². The Balaban J connectivity index is 1.96. The smallest absolute Gasteiger partial charge is 0.344 e. The van der Waals surface area contributed by atoms with E-state index in [1.807, 2.05) is 13.8 Å². The summed E-state index contributed by atoms with van der Waals surface area (Å²) in [6, 6.07) is 2.14. The minimum absolute atomic E-state index is 0.0105. The van der Waals surface area contributed by atoms with Gasteiger partial charge >= 0.3 is 5.69 Å². The topological polar surface area (TPSA) is 113 Å². The van der Waals surface area contributed by atoms with E-state index in [2.05, 4.69) is 21.6 Å². The highest BCUT2D eigenvalue weighted by molar-refractivity contribution is 7.99. The Morgan fingerprint density at radius 3 is 3.00 bits per heavy atom. The van der Waals surface area contributed by atoms with Gasteiger partial charge in [-0.2, -0.15) is 5.26 Å². The van der Waals surface area contributed by atoms with Crippen LogP contribution >= 0.6 is 11.8 Å². The molecule has 2 unspecified atom stereocenters. The largest absolute Gasteiger partial charge is 0.376 e. The van der Waals surface area contributed by atoms with Crippen molar-refractivity contribution < 1.29 is 9.53 Å². The van der Waals surface area contributed by atoms with E-state index >= 15 is 0 Å². The summed E-state index contributed by atoms with van der Waals surface area (Å²) < 4.78 is 7.04. The molecule has 8 nitrogen and oxygen atoms in total. The van der Waals surface area contributed by atoms with E-state index in [-0.39, 0.29) is 29.4 Å². The molecule has 1 aromatic heterocycles. The first-order chi connectivity index (χ1) is 11.4. The van der Waals surface area contributed by atoms with Gasteiger partial charge < -0.3 is 10.1 Å². The lowest BCUT2D eigenvalue weighted by molar-refractivity contribution is -0.120. The molecule has 0 bridgehead atoms. The second kappa shape index (κ2) is 7.85. The molecule has 2 N–H and O–H groups in total. The van der Waals surface area contributed by atoms with Gasteiger partial charge in [-0.1, -0.05) is 25.6 Å². The number of thioether (sulfide) groups is 1. The third-order valence-electron chi connectivity index (χ3n) is 4.25. The predicted octanol–water partition coefficient (Wildman–Crippen LogP) is 0.897. The first-order valence-corrected chi connectivity index (χ1v) is 8.96. The summed E-state index contributed by atoms with van der Waals surface area (Å²) in [6.45, 7) is 6.60. The minimum Gasteiger partial charge on any atom is -0.376 e. The Hall–Kier alpha value is -1.79. The quantitative estimate of drug-likeness (QED) is 0.704. The summed E-state index contributed by atoms with van der Waals surface area (Å²) in [5.41, 5.74) is -1.22. The SMILES string of the molecule is CC(C)C(C)(C#N)NC(=O)CSc1n[nH]c(=O)n1CC1CCCO1. The van der Waals surface area contributed by atoms with Gasteiger partial charge in [0, 0.05) is 6.61 Å². The summed E-state index contributed by atoms with van der Waals surface area (Å²) in [4.78, 5) is 24.0. The van der Waals surface area contributed by atoms with E-state index in [0.29, 0.717) is 18.3 Å². The van der Waals surface area contributed by atoms with Crippen molar-refractivity contribution in [3.8, 4) is 6.07 Å². The number of hydrogen-bond donors (Lipinski definition) is 2. The summed E-state index contributed by atoms with van der Waals surface area (Å²) in [7, 11) is 0. The lowest BCUT2D eigenvalue weighted by Crippen LogP contribution is -2.49. The maximum atomic E-state index is 12.1. The number of aromatic amines is 1. The number of H-pyrrole nitrogens is 1. The van der Waals surface area contributed by atoms with Gasteiger partial charge in [-0.25, -0.2) is 9.89 Å². The molecule has 0 spiro atoms. The number of nitriles is 1. The van der Waals surface area contributed by atoms with E-state index < -0.39 is 5.54 Å². The highest BCUT2D eigenvalue weighted by Gasteiger charge is 2.30. The van der Waals surface area contributed by atoms with Gasteiger partial charge in [-0.3, -0.25) is 9.36 Å². The number of ether oxygens (including phenoxy) is 1. The van der Waals surface area contributed by atoms with Crippen LogP contribution in [0, 0.1) is 17.2 Å². The molecular formula is C15H23N5O3S. The molecular weight excluding hydrogens is 330 g/mol. The second-order valence-corrected chi connectivity index (χ2v) is 7.31. The fourth-order valence-electron chi connectivity index (χ4n) is 2.32. The number of rotatable bonds is 7. The van der Waals surface area contributed by atoms with Crippen molar-refractivity contribution in [2.24, 2.45) is 5.92 Å². The minimum atomic E-state index is -0.916. The molecule has 2 rings (SSSR count). The van der Waals surface area contributed by atoms with Gasteiger partial charge in [-0.15, -0.1) is 5.10 Å². The lowest BCUT2D eigenvalue weighted by Gasteiger charge is -2.27. The summed E-state index contributed by atoms with van der Waals surface area (Å²) >= 11 is 1.17. The Labute approximate surface area is 144 Å². The molecule has 1 saturated heterocycles. The predicted molar refractivity (Wildman–Crippen MR) is 89.5 cm³/mol. The Bertz CT molecular complexity index is 671. The standard InChI is InChI=1S/C15H23N5O3S/c1-10(2)15(3,9-16)17-12(21)8-24-14-19-18-13(22)20(14)7-11-5-4-6-23-11/h10-11H,4-8H2,1-3H3,(H,17,21)(H,18,22). The second-order valence-electron chi connectivity index (χ2n) is 6.36. The number of aromatic nitrogens is 3. The molecule has 0 radical (unpaired) electrons. The number of amides is 1. The third kappa shape index (κ3) is 4.39. The Morgan fingerprint density at radius 2 is 2.42 bits per heavy atom. The summed E-state index contributed by atoms with van der Waals surface area (Å²) in [5.74, 6) is -0.198. The van der Waals surface area contributed by atoms with Crippen molar-refractivity contribution >= 4 is 17.7 Å². The molecule has 9 heteroatoms. The van der Waals surface area contributed by atoms with Crippen LogP contribution in [0.4, 0.5) is 0 Å². The fraction of sp³-hybridized carbons (Fsp3) is 0.733. The van der Waals surface area contributed by atoms with Crippen LogP contribution in [-0.4, -0.2) is 44.7 Å². The van der Waals surface area contributed by atoms with Crippen LogP contribution in [0.1, 0.15) is 33.6 Å². The average Bonchev–Trinajstić information content (AvgIpc) is 3.17. The zero-order valence-electron chi connectivity index (χ0n) is 14.2. The fourth-order valence-corrected chi connectivity index (χ4v) is 3.08. The molecule has 24 heavy (non-hydrogen) atoms. The zero-order chi connectivity index (χ0) is 17.7. The highest BCUT2D eigenvalue weighted by Crippen LogP contribution is 2.19. The van der Waals surface area contributed by atoms with Gasteiger partial charge in [-0.05, 0) is 25.7 Å². The number of carbonyl (C=O) groups excluding carboxylic acids is 1. The molecule has 1 aliphatic rings. The molecule has 1 aliphatic heterocycles. The normalized spacial score (nSPS) is 19.9. The number of nitrogens with zero attached hydrogens (tertiary/aromatic N) is 3. The van der Waals surface area contributed by atoms with Crippen LogP contribution in [0.3, 0.4) is 0 Å². The molecule has 132 valence electrons. The molecule has 0 aromatic carbocycles. The van der Waals surface area contributed by atoms with Crippen molar-refractivity contribution in [3.63, 3.8) is 0 Å². The van der Waals surface area contributed by atoms with Crippen molar-refractivity contribution in [1.29, 1.82) is 5.26 Å². The number of nitrogens with one attached hydrogen (secondary N) is 2. The molecule has 2 heterocycles. The number of carbonyl (C=O) groups is 1. The van der Waals surface area contributed by atoms with Crippen LogP contribution in [0.25, 0.3) is 0 Å². The molecule has 0 aliphatic carbocycles. The number of hydrogen-bond acceptors (Lipinski definition) is 6. The van der Waals surface area contributed by atoms with Gasteiger partial charge in [0.05, 0.1) is 24.5 Å². The Kier molecular flexibility index (Phi) is 6.07. The summed E-state index contributed by atoms with van der Waals surface area (Å²) in [6.07, 6.45) is 1.91. The van der Waals surface area contributed by atoms with Crippen molar-refractivity contribution in [2.75, 3.05) is 12.4 Å². The van der Waals surface area contributed by atoms with Crippen LogP contribution in [0.5, 0.6) is 0 Å².